The number of benzene rings is 1. The summed E-state index contributed by atoms with van der Waals surface area (Å²) in [5.74, 6) is 1.88. The molecule has 0 aliphatic heterocycles. The average Bonchev–Trinajstić information content (AvgIpc) is 2.37. The lowest BCUT2D eigenvalue weighted by molar-refractivity contribution is -0.115. The van der Waals surface area contributed by atoms with E-state index in [-0.39, 0.29) is 18.4 Å². The molecule has 1 amide bonds. The lowest BCUT2D eigenvalue weighted by Crippen LogP contribution is -2.14. The third-order valence-corrected chi connectivity index (χ3v) is 3.72. The second-order valence-corrected chi connectivity index (χ2v) is 5.40. The van der Waals surface area contributed by atoms with E-state index in [0.717, 1.165) is 11.5 Å². The molecular weight excluding hydrogens is 248 g/mol. The Balaban J connectivity index is 2.24. The van der Waals surface area contributed by atoms with Crippen LogP contribution in [0.15, 0.2) is 24.3 Å². The number of amides is 1. The maximum absolute atomic E-state index is 11.6. The van der Waals surface area contributed by atoms with E-state index in [1.54, 1.807) is 23.9 Å². The van der Waals surface area contributed by atoms with Crippen LogP contribution in [0, 0.1) is 5.92 Å². The first-order chi connectivity index (χ1) is 8.63. The molecule has 0 bridgehead atoms. The van der Waals surface area contributed by atoms with E-state index < -0.39 is 0 Å². The Bertz CT molecular complexity index is 385. The SMILES string of the molecule is CC(CO)CSCCC(=O)Nc1ccccc1N. The number of thioether (sulfide) groups is 1. The number of aliphatic hydroxyl groups excluding tert-OH is 1. The molecule has 4 nitrogen and oxygen atoms in total. The van der Waals surface area contributed by atoms with Gasteiger partial charge in [-0.25, -0.2) is 0 Å². The highest BCUT2D eigenvalue weighted by Gasteiger charge is 2.05. The van der Waals surface area contributed by atoms with Crippen LogP contribution in [0.2, 0.25) is 0 Å². The van der Waals surface area contributed by atoms with Gasteiger partial charge in [-0.05, 0) is 23.8 Å². The number of hydrogen-bond acceptors (Lipinski definition) is 4. The molecule has 0 aliphatic carbocycles. The third kappa shape index (κ3) is 5.42. The van der Waals surface area contributed by atoms with Crippen molar-refractivity contribution < 1.29 is 9.90 Å². The zero-order valence-corrected chi connectivity index (χ0v) is 11.4. The first kappa shape index (κ1) is 14.9. The molecule has 5 heteroatoms. The summed E-state index contributed by atoms with van der Waals surface area (Å²) in [6.45, 7) is 2.18. The van der Waals surface area contributed by atoms with Crippen LogP contribution in [0.1, 0.15) is 13.3 Å². The number of carbonyl (C=O) groups excluding carboxylic acids is 1. The summed E-state index contributed by atoms with van der Waals surface area (Å²) in [7, 11) is 0. The quantitative estimate of drug-likeness (QED) is 0.522. The van der Waals surface area contributed by atoms with Crippen molar-refractivity contribution in [3.8, 4) is 0 Å². The van der Waals surface area contributed by atoms with Crippen molar-refractivity contribution in [3.63, 3.8) is 0 Å². The number of rotatable bonds is 7. The monoisotopic (exact) mass is 268 g/mol. The van der Waals surface area contributed by atoms with Gasteiger partial charge in [0.2, 0.25) is 5.91 Å². The molecule has 1 atom stereocenters. The lowest BCUT2D eigenvalue weighted by Gasteiger charge is -2.09. The number of hydrogen-bond donors (Lipinski definition) is 3. The molecular formula is C13H20N2O2S. The van der Waals surface area contributed by atoms with Crippen LogP contribution in [0.25, 0.3) is 0 Å². The number of nitrogens with two attached hydrogens (primary N) is 1. The van der Waals surface area contributed by atoms with Gasteiger partial charge in [0.05, 0.1) is 11.4 Å². The normalized spacial score (nSPS) is 12.1. The number of nitrogens with one attached hydrogen (secondary N) is 1. The maximum atomic E-state index is 11.6. The Morgan fingerprint density at radius 1 is 1.50 bits per heavy atom. The van der Waals surface area contributed by atoms with Crippen molar-refractivity contribution in [2.75, 3.05) is 29.2 Å². The summed E-state index contributed by atoms with van der Waals surface area (Å²) >= 11 is 1.68. The van der Waals surface area contributed by atoms with E-state index >= 15 is 0 Å². The van der Waals surface area contributed by atoms with E-state index in [4.69, 9.17) is 10.8 Å². The highest BCUT2D eigenvalue weighted by molar-refractivity contribution is 7.99. The van der Waals surface area contributed by atoms with Crippen LogP contribution in [0.3, 0.4) is 0 Å². The molecule has 0 saturated heterocycles. The van der Waals surface area contributed by atoms with Crippen molar-refractivity contribution in [3.05, 3.63) is 24.3 Å². The Morgan fingerprint density at radius 2 is 2.22 bits per heavy atom. The van der Waals surface area contributed by atoms with Gasteiger partial charge in [-0.1, -0.05) is 19.1 Å². The van der Waals surface area contributed by atoms with Gasteiger partial charge in [0.25, 0.3) is 0 Å². The van der Waals surface area contributed by atoms with Crippen molar-refractivity contribution in [1.29, 1.82) is 0 Å². The topological polar surface area (TPSA) is 75.3 Å². The van der Waals surface area contributed by atoms with Crippen LogP contribution in [-0.2, 0) is 4.79 Å². The second-order valence-electron chi connectivity index (χ2n) is 4.25. The standard InChI is InChI=1S/C13H20N2O2S/c1-10(8-16)9-18-7-6-13(17)15-12-5-3-2-4-11(12)14/h2-5,10,16H,6-9,14H2,1H3,(H,15,17). The molecule has 0 radical (unpaired) electrons. The minimum absolute atomic E-state index is 0.0305. The fourth-order valence-corrected chi connectivity index (χ4v) is 2.33. The van der Waals surface area contributed by atoms with Crippen LogP contribution in [0.5, 0.6) is 0 Å². The number of anilines is 2. The Kier molecular flexibility index (Phi) is 6.60. The fourth-order valence-electron chi connectivity index (χ4n) is 1.33. The number of para-hydroxylation sites is 2. The molecule has 1 aromatic rings. The lowest BCUT2D eigenvalue weighted by atomic mass is 10.2. The van der Waals surface area contributed by atoms with E-state index in [1.807, 2.05) is 19.1 Å². The molecule has 100 valence electrons. The number of nitrogen functional groups attached to an aromatic ring is 1. The molecule has 0 aliphatic rings. The molecule has 1 aromatic carbocycles. The molecule has 1 rings (SSSR count). The van der Waals surface area contributed by atoms with Gasteiger partial charge in [0.15, 0.2) is 0 Å². The van der Waals surface area contributed by atoms with Crippen LogP contribution >= 0.6 is 11.8 Å². The predicted molar refractivity (Wildman–Crippen MR) is 77.7 cm³/mol. The van der Waals surface area contributed by atoms with Gasteiger partial charge in [-0.15, -0.1) is 0 Å². The van der Waals surface area contributed by atoms with Crippen molar-refractivity contribution >= 4 is 29.0 Å². The summed E-state index contributed by atoms with van der Waals surface area (Å²) in [5.41, 5.74) is 6.97. The van der Waals surface area contributed by atoms with Crippen LogP contribution < -0.4 is 11.1 Å². The Morgan fingerprint density at radius 3 is 2.89 bits per heavy atom. The fraction of sp³-hybridized carbons (Fsp3) is 0.462. The molecule has 0 spiro atoms. The molecule has 0 fully saturated rings. The smallest absolute Gasteiger partial charge is 0.225 e. The van der Waals surface area contributed by atoms with Crippen molar-refractivity contribution in [1.82, 2.24) is 0 Å². The molecule has 0 aromatic heterocycles. The first-order valence-corrected chi connectivity index (χ1v) is 7.12. The minimum atomic E-state index is -0.0305. The summed E-state index contributed by atoms with van der Waals surface area (Å²) in [6.07, 6.45) is 0.456. The number of carbonyl (C=O) groups is 1. The van der Waals surface area contributed by atoms with Gasteiger partial charge in [-0.3, -0.25) is 4.79 Å². The maximum Gasteiger partial charge on any atom is 0.225 e. The summed E-state index contributed by atoms with van der Waals surface area (Å²) < 4.78 is 0. The van der Waals surface area contributed by atoms with Gasteiger partial charge < -0.3 is 16.2 Å². The van der Waals surface area contributed by atoms with E-state index in [2.05, 4.69) is 5.32 Å². The van der Waals surface area contributed by atoms with Gasteiger partial charge in [0, 0.05) is 18.8 Å². The van der Waals surface area contributed by atoms with Gasteiger partial charge in [0.1, 0.15) is 0 Å². The molecule has 0 heterocycles. The van der Waals surface area contributed by atoms with E-state index in [9.17, 15) is 4.79 Å². The van der Waals surface area contributed by atoms with E-state index in [0.29, 0.717) is 17.8 Å². The molecule has 1 unspecified atom stereocenters. The zero-order chi connectivity index (χ0) is 13.4. The average molecular weight is 268 g/mol. The summed E-state index contributed by atoms with van der Waals surface area (Å²) in [4.78, 5) is 11.6. The Hall–Kier alpha value is -1.20. The highest BCUT2D eigenvalue weighted by atomic mass is 32.2. The second kappa shape index (κ2) is 8.00. The summed E-state index contributed by atoms with van der Waals surface area (Å²) in [6, 6.07) is 7.21. The predicted octanol–water partition coefficient (Wildman–Crippen LogP) is 1.96. The minimum Gasteiger partial charge on any atom is -0.397 e. The molecule has 0 saturated carbocycles. The summed E-state index contributed by atoms with van der Waals surface area (Å²) in [5, 5.41) is 11.6. The third-order valence-electron chi connectivity index (χ3n) is 2.42. The van der Waals surface area contributed by atoms with Crippen LogP contribution in [-0.4, -0.2) is 29.1 Å². The Labute approximate surface area is 112 Å². The van der Waals surface area contributed by atoms with Gasteiger partial charge >= 0.3 is 0 Å². The zero-order valence-electron chi connectivity index (χ0n) is 10.6. The van der Waals surface area contributed by atoms with Crippen molar-refractivity contribution in [2.45, 2.75) is 13.3 Å². The largest absolute Gasteiger partial charge is 0.397 e. The number of aliphatic hydroxyl groups is 1. The van der Waals surface area contributed by atoms with Gasteiger partial charge in [-0.2, -0.15) is 11.8 Å². The van der Waals surface area contributed by atoms with Crippen molar-refractivity contribution in [2.24, 2.45) is 5.92 Å². The highest BCUT2D eigenvalue weighted by Crippen LogP contribution is 2.17. The molecule has 4 N–H and O–H groups in total. The first-order valence-electron chi connectivity index (χ1n) is 5.96. The van der Waals surface area contributed by atoms with E-state index in [1.165, 1.54) is 0 Å². The van der Waals surface area contributed by atoms with Crippen LogP contribution in [0.4, 0.5) is 11.4 Å². The molecule has 18 heavy (non-hydrogen) atoms.